The van der Waals surface area contributed by atoms with Gasteiger partial charge in [-0.1, -0.05) is 19.6 Å². The van der Waals surface area contributed by atoms with E-state index in [1.54, 1.807) is 6.92 Å². The van der Waals surface area contributed by atoms with E-state index in [0.29, 0.717) is 6.42 Å². The van der Waals surface area contributed by atoms with Gasteiger partial charge in [-0.05, 0) is 17.9 Å². The fourth-order valence-electron chi connectivity index (χ4n) is 0.273. The first-order valence-corrected chi connectivity index (χ1v) is 3.52. The molecule has 0 saturated heterocycles. The van der Waals surface area contributed by atoms with E-state index in [4.69, 9.17) is 10.2 Å². The maximum Gasteiger partial charge on any atom is 0.320 e. The van der Waals surface area contributed by atoms with Gasteiger partial charge in [-0.3, -0.25) is 0 Å². The molecule has 0 aromatic carbocycles. The van der Waals surface area contributed by atoms with Crippen LogP contribution in [0.15, 0.2) is 24.2 Å². The van der Waals surface area contributed by atoms with E-state index in [0.717, 1.165) is 6.08 Å². The molecular formula is C8H10O6-2. The minimum Gasteiger partial charge on any atom is -0.868 e. The zero-order valence-electron chi connectivity index (χ0n) is 7.52. The molecule has 0 unspecified atom stereocenters. The van der Waals surface area contributed by atoms with Gasteiger partial charge in [0.15, 0.2) is 0 Å². The first kappa shape index (κ1) is 14.5. The van der Waals surface area contributed by atoms with Crippen LogP contribution in [0.25, 0.3) is 0 Å². The highest BCUT2D eigenvalue weighted by atomic mass is 16.4. The Hall–Kier alpha value is -1.98. The van der Waals surface area contributed by atoms with Crippen molar-refractivity contribution in [1.29, 1.82) is 0 Å². The summed E-state index contributed by atoms with van der Waals surface area (Å²) in [5.74, 6) is -4.77. The van der Waals surface area contributed by atoms with Crippen LogP contribution in [0.1, 0.15) is 13.3 Å². The largest absolute Gasteiger partial charge is 0.868 e. The summed E-state index contributed by atoms with van der Waals surface area (Å²) in [6.45, 7) is 4.31. The van der Waals surface area contributed by atoms with Crippen molar-refractivity contribution in [2.24, 2.45) is 0 Å². The maximum absolute atomic E-state index is 10.1. The van der Waals surface area contributed by atoms with Gasteiger partial charge in [-0.2, -0.15) is 0 Å². The third-order valence-electron chi connectivity index (χ3n) is 0.839. The zero-order chi connectivity index (χ0) is 11.7. The number of carboxylic acids is 2. The highest BCUT2D eigenvalue weighted by Crippen LogP contribution is 1.84. The summed E-state index contributed by atoms with van der Waals surface area (Å²) in [4.78, 5) is 19.0. The smallest absolute Gasteiger partial charge is 0.320 e. The van der Waals surface area contributed by atoms with E-state index in [9.17, 15) is 19.8 Å². The van der Waals surface area contributed by atoms with Gasteiger partial charge in [0, 0.05) is 0 Å². The second kappa shape index (κ2) is 7.66. The van der Waals surface area contributed by atoms with Crippen molar-refractivity contribution in [3.05, 3.63) is 24.2 Å². The average Bonchev–Trinajstić information content (AvgIpc) is 2.05. The molecule has 0 amide bonds. The fraction of sp³-hybridized carbons (Fsp3) is 0.250. The van der Waals surface area contributed by atoms with E-state index in [1.165, 1.54) is 0 Å². The van der Waals surface area contributed by atoms with E-state index in [1.807, 2.05) is 0 Å². The number of carboxylic acid groups (broad SMARTS) is 2. The van der Waals surface area contributed by atoms with E-state index in [2.05, 4.69) is 6.58 Å². The Kier molecular flexibility index (Phi) is 7.95. The number of allylic oxidation sites excluding steroid dienone is 1. The number of hydrogen-bond acceptors (Lipinski definition) is 4. The molecule has 14 heavy (non-hydrogen) atoms. The molecule has 0 atom stereocenters. The summed E-state index contributed by atoms with van der Waals surface area (Å²) in [7, 11) is 0. The first-order chi connectivity index (χ1) is 6.32. The van der Waals surface area contributed by atoms with Crippen molar-refractivity contribution in [1.82, 2.24) is 0 Å². The van der Waals surface area contributed by atoms with Crippen LogP contribution in [0.3, 0.4) is 0 Å². The molecule has 0 aliphatic rings. The van der Waals surface area contributed by atoms with E-state index in [-0.39, 0.29) is 0 Å². The Morgan fingerprint density at radius 1 is 1.29 bits per heavy atom. The summed E-state index contributed by atoms with van der Waals surface area (Å²) >= 11 is 0. The molecule has 0 spiro atoms. The Morgan fingerprint density at radius 2 is 1.64 bits per heavy atom. The van der Waals surface area contributed by atoms with Crippen LogP contribution in [-0.4, -0.2) is 22.2 Å². The molecule has 0 fully saturated rings. The number of hydrogen-bond donors (Lipinski definition) is 2. The highest BCUT2D eigenvalue weighted by Gasteiger charge is 1.87. The molecule has 0 aliphatic heterocycles. The van der Waals surface area contributed by atoms with Crippen LogP contribution < -0.4 is 10.2 Å². The minimum atomic E-state index is -1.49. The normalized spacial score (nSPS) is 9.64. The molecule has 2 N–H and O–H groups in total. The summed E-state index contributed by atoms with van der Waals surface area (Å²) in [5.41, 5.74) is 0. The lowest BCUT2D eigenvalue weighted by Gasteiger charge is -2.01. The monoisotopic (exact) mass is 202 g/mol. The van der Waals surface area contributed by atoms with Crippen LogP contribution in [-0.2, 0) is 9.59 Å². The second-order valence-corrected chi connectivity index (χ2v) is 2.01. The van der Waals surface area contributed by atoms with E-state index < -0.39 is 23.5 Å². The van der Waals surface area contributed by atoms with Gasteiger partial charge < -0.3 is 20.4 Å². The van der Waals surface area contributed by atoms with Gasteiger partial charge in [0.2, 0.25) is 0 Å². The topological polar surface area (TPSA) is 121 Å². The lowest BCUT2D eigenvalue weighted by Crippen LogP contribution is -2.13. The molecule has 0 heterocycles. The highest BCUT2D eigenvalue weighted by molar-refractivity contribution is 5.83. The van der Waals surface area contributed by atoms with Crippen LogP contribution in [0, 0.1) is 0 Å². The van der Waals surface area contributed by atoms with Crippen molar-refractivity contribution >= 4 is 11.9 Å². The average molecular weight is 202 g/mol. The van der Waals surface area contributed by atoms with Crippen LogP contribution >= 0.6 is 0 Å². The molecule has 0 aromatic rings. The lowest BCUT2D eigenvalue weighted by molar-refractivity contribution is -0.303. The van der Waals surface area contributed by atoms with Gasteiger partial charge in [0.1, 0.15) is 0 Å². The summed E-state index contributed by atoms with van der Waals surface area (Å²) in [6, 6.07) is 0. The Balaban J connectivity index is 0. The van der Waals surface area contributed by atoms with Crippen LogP contribution in [0.4, 0.5) is 0 Å². The van der Waals surface area contributed by atoms with Crippen molar-refractivity contribution in [3.63, 3.8) is 0 Å². The molecule has 0 bridgehead atoms. The zero-order valence-corrected chi connectivity index (χ0v) is 7.52. The van der Waals surface area contributed by atoms with Crippen LogP contribution in [0.2, 0.25) is 0 Å². The molecule has 6 heteroatoms. The first-order valence-electron chi connectivity index (χ1n) is 3.52. The predicted molar refractivity (Wildman–Crippen MR) is 42.8 cm³/mol. The third-order valence-corrected chi connectivity index (χ3v) is 0.839. The Labute approximate surface area is 80.4 Å². The number of aliphatic carboxylic acids is 2. The standard InChI is InChI=1S/C5H8O3.C3H4O3/c1-2-3-4(6)5(7)8;1-2(4)3(5)6/h3,6H,2H2,1H3,(H,7,8);4H,1H2,(H,5,6)/p-2/b4-3-;. The van der Waals surface area contributed by atoms with Gasteiger partial charge in [0.05, 0.1) is 0 Å². The summed E-state index contributed by atoms with van der Waals surface area (Å²) in [5, 5.41) is 35.0. The Morgan fingerprint density at radius 3 is 1.71 bits per heavy atom. The second-order valence-electron chi connectivity index (χ2n) is 2.01. The van der Waals surface area contributed by atoms with Crippen molar-refractivity contribution < 1.29 is 30.0 Å². The molecule has 0 aliphatic carbocycles. The quantitative estimate of drug-likeness (QED) is 0.432. The van der Waals surface area contributed by atoms with Gasteiger partial charge >= 0.3 is 11.9 Å². The molecular weight excluding hydrogens is 192 g/mol. The maximum atomic E-state index is 10.1. The van der Waals surface area contributed by atoms with Gasteiger partial charge in [-0.25, -0.2) is 9.59 Å². The predicted octanol–water partition coefficient (Wildman–Crippen LogP) is -1.33. The van der Waals surface area contributed by atoms with Crippen LogP contribution in [0.5, 0.6) is 0 Å². The molecule has 0 saturated carbocycles. The molecule has 0 radical (unpaired) electrons. The molecule has 6 nitrogen and oxygen atoms in total. The fourth-order valence-corrected chi connectivity index (χ4v) is 0.273. The van der Waals surface area contributed by atoms with Crippen molar-refractivity contribution in [2.75, 3.05) is 0 Å². The Bertz CT molecular complexity index is 241. The lowest BCUT2D eigenvalue weighted by atomic mass is 10.4. The van der Waals surface area contributed by atoms with Crippen molar-refractivity contribution in [2.45, 2.75) is 13.3 Å². The van der Waals surface area contributed by atoms with E-state index >= 15 is 0 Å². The SMILES string of the molecule is C=C([O-])C(=O)O.CC/C=C(\[O-])C(=O)O. The number of rotatable bonds is 3. The minimum absolute atomic E-state index is 0.477. The molecule has 0 rings (SSSR count). The molecule has 0 aromatic heterocycles. The van der Waals surface area contributed by atoms with Crippen molar-refractivity contribution in [3.8, 4) is 0 Å². The third kappa shape index (κ3) is 10.0. The summed E-state index contributed by atoms with van der Waals surface area (Å²) < 4.78 is 0. The van der Waals surface area contributed by atoms with Gasteiger partial charge in [0.25, 0.3) is 0 Å². The number of carbonyl (C=O) groups is 2. The van der Waals surface area contributed by atoms with Gasteiger partial charge in [-0.15, -0.1) is 0 Å². The summed E-state index contributed by atoms with van der Waals surface area (Å²) in [6.07, 6.45) is 1.60. The molecule has 80 valence electrons.